The van der Waals surface area contributed by atoms with E-state index in [-0.39, 0.29) is 11.6 Å². The number of morpholine rings is 1. The Morgan fingerprint density at radius 3 is 2.31 bits per heavy atom. The van der Waals surface area contributed by atoms with Gasteiger partial charge in [-0.05, 0) is 24.5 Å². The molecule has 0 radical (unpaired) electrons. The molecule has 1 aliphatic rings. The first-order valence-corrected chi connectivity index (χ1v) is 10.8. The molecule has 0 aliphatic carbocycles. The van der Waals surface area contributed by atoms with Crippen LogP contribution in [0.2, 0.25) is 0 Å². The van der Waals surface area contributed by atoms with E-state index in [1.54, 1.807) is 9.13 Å². The van der Waals surface area contributed by atoms with Gasteiger partial charge in [0.1, 0.15) is 0 Å². The van der Waals surface area contributed by atoms with Gasteiger partial charge in [0.25, 0.3) is 0 Å². The van der Waals surface area contributed by atoms with Gasteiger partial charge in [-0.1, -0.05) is 32.9 Å². The van der Waals surface area contributed by atoms with E-state index in [2.05, 4.69) is 31.0 Å². The summed E-state index contributed by atoms with van der Waals surface area (Å²) in [5.74, 6) is 0.436. The van der Waals surface area contributed by atoms with Crippen LogP contribution >= 0.6 is 0 Å². The van der Waals surface area contributed by atoms with Gasteiger partial charge in [-0.25, -0.2) is 4.79 Å². The zero-order valence-electron chi connectivity index (χ0n) is 17.9. The average Bonchev–Trinajstić information content (AvgIpc) is 2.99. The fourth-order valence-electron chi connectivity index (χ4n) is 4.14. The Kier molecular flexibility index (Phi) is 7.50. The van der Waals surface area contributed by atoms with Gasteiger partial charge in [-0.15, -0.1) is 0 Å². The lowest BCUT2D eigenvalue weighted by Crippen LogP contribution is -2.51. The van der Waals surface area contributed by atoms with Crippen LogP contribution < -0.4 is 11.0 Å². The third-order valence-electron chi connectivity index (χ3n) is 5.73. The molecule has 7 heteroatoms. The molecule has 7 nitrogen and oxygen atoms in total. The first-order valence-electron chi connectivity index (χ1n) is 10.8. The van der Waals surface area contributed by atoms with Crippen LogP contribution in [-0.4, -0.2) is 58.8 Å². The number of imidazole rings is 1. The number of fused-ring (bicyclic) bond motifs is 1. The number of benzene rings is 1. The Hall–Kier alpha value is -2.12. The van der Waals surface area contributed by atoms with Crippen LogP contribution in [0.5, 0.6) is 0 Å². The lowest BCUT2D eigenvalue weighted by molar-refractivity contribution is -0.121. The summed E-state index contributed by atoms with van der Waals surface area (Å²) in [4.78, 5) is 27.8. The number of nitrogens with one attached hydrogen (secondary N) is 1. The third kappa shape index (κ3) is 5.08. The average molecular weight is 403 g/mol. The molecule has 1 aliphatic heterocycles. The highest BCUT2D eigenvalue weighted by Gasteiger charge is 2.24. The summed E-state index contributed by atoms with van der Waals surface area (Å²) >= 11 is 0. The quantitative estimate of drug-likeness (QED) is 0.697. The fraction of sp³-hybridized carbons (Fsp3) is 0.636. The molecule has 3 rings (SSSR count). The molecule has 1 aromatic heterocycles. The van der Waals surface area contributed by atoms with Gasteiger partial charge >= 0.3 is 5.69 Å². The standard InChI is InChI=1S/C22H34N4O3/c1-4-10-25-18-7-5-6-8-19(18)26(22(25)28)11-9-21(27)23-16-20(17(2)3)24-12-14-29-15-13-24/h5-8,17,20H,4,9-16H2,1-3H3,(H,23,27). The van der Waals surface area contributed by atoms with Gasteiger partial charge in [0.05, 0.1) is 24.2 Å². The molecule has 1 saturated heterocycles. The van der Waals surface area contributed by atoms with Crippen molar-refractivity contribution in [1.82, 2.24) is 19.4 Å². The van der Waals surface area contributed by atoms with Crippen LogP contribution in [0.1, 0.15) is 33.6 Å². The Labute approximate surface area is 172 Å². The molecule has 1 atom stereocenters. The van der Waals surface area contributed by atoms with E-state index in [1.165, 1.54) is 0 Å². The molecule has 1 aromatic carbocycles. The minimum absolute atomic E-state index is 0.0110. The van der Waals surface area contributed by atoms with E-state index in [9.17, 15) is 9.59 Å². The smallest absolute Gasteiger partial charge is 0.329 e. The highest BCUT2D eigenvalue weighted by Crippen LogP contribution is 2.14. The monoisotopic (exact) mass is 402 g/mol. The number of hydrogen-bond acceptors (Lipinski definition) is 4. The molecule has 0 spiro atoms. The molecule has 0 saturated carbocycles. The van der Waals surface area contributed by atoms with Crippen molar-refractivity contribution in [3.05, 3.63) is 34.7 Å². The van der Waals surface area contributed by atoms with Gasteiger partial charge in [0.15, 0.2) is 0 Å². The molecule has 1 fully saturated rings. The van der Waals surface area contributed by atoms with Crippen molar-refractivity contribution in [3.8, 4) is 0 Å². The lowest BCUT2D eigenvalue weighted by Gasteiger charge is -2.36. The van der Waals surface area contributed by atoms with Crippen molar-refractivity contribution in [2.75, 3.05) is 32.8 Å². The minimum Gasteiger partial charge on any atom is -0.379 e. The number of nitrogens with zero attached hydrogens (tertiary/aromatic N) is 3. The number of amides is 1. The van der Waals surface area contributed by atoms with Gasteiger partial charge in [-0.2, -0.15) is 0 Å². The van der Waals surface area contributed by atoms with E-state index in [4.69, 9.17) is 4.74 Å². The molecule has 1 N–H and O–H groups in total. The van der Waals surface area contributed by atoms with Crippen molar-refractivity contribution in [2.45, 2.75) is 52.7 Å². The maximum absolute atomic E-state index is 12.8. The maximum Gasteiger partial charge on any atom is 0.329 e. The van der Waals surface area contributed by atoms with Crippen LogP contribution in [0, 0.1) is 5.92 Å². The van der Waals surface area contributed by atoms with Gasteiger partial charge in [-0.3, -0.25) is 18.8 Å². The van der Waals surface area contributed by atoms with E-state index >= 15 is 0 Å². The Morgan fingerprint density at radius 2 is 1.72 bits per heavy atom. The molecule has 1 unspecified atom stereocenters. The second kappa shape index (κ2) is 10.1. The summed E-state index contributed by atoms with van der Waals surface area (Å²) in [6.45, 7) is 11.5. The molecular formula is C22H34N4O3. The molecule has 29 heavy (non-hydrogen) atoms. The van der Waals surface area contributed by atoms with Gasteiger partial charge < -0.3 is 10.1 Å². The Morgan fingerprint density at radius 1 is 1.10 bits per heavy atom. The van der Waals surface area contributed by atoms with E-state index in [0.29, 0.717) is 38.0 Å². The number of rotatable bonds is 9. The molecule has 2 heterocycles. The SMILES string of the molecule is CCCn1c(=O)n(CCC(=O)NCC(C(C)C)N2CCOCC2)c2ccccc21. The summed E-state index contributed by atoms with van der Waals surface area (Å²) < 4.78 is 8.98. The van der Waals surface area contributed by atoms with Crippen LogP contribution in [0.15, 0.2) is 29.1 Å². The summed E-state index contributed by atoms with van der Waals surface area (Å²) in [5.41, 5.74) is 1.80. The predicted octanol–water partition coefficient (Wildman–Crippen LogP) is 2.08. The van der Waals surface area contributed by atoms with Crippen molar-refractivity contribution < 1.29 is 9.53 Å². The van der Waals surface area contributed by atoms with Crippen LogP contribution in [0.3, 0.4) is 0 Å². The van der Waals surface area contributed by atoms with Crippen LogP contribution in [0.25, 0.3) is 11.0 Å². The van der Waals surface area contributed by atoms with Crippen molar-refractivity contribution in [1.29, 1.82) is 0 Å². The maximum atomic E-state index is 12.8. The summed E-state index contributed by atoms with van der Waals surface area (Å²) in [6.07, 6.45) is 1.19. The second-order valence-corrected chi connectivity index (χ2v) is 8.09. The van der Waals surface area contributed by atoms with Crippen molar-refractivity contribution in [3.63, 3.8) is 0 Å². The number of aryl methyl sites for hydroxylation is 2. The first kappa shape index (κ1) is 21.6. The van der Waals surface area contributed by atoms with Gasteiger partial charge in [0.2, 0.25) is 5.91 Å². The zero-order chi connectivity index (χ0) is 20.8. The highest BCUT2D eigenvalue weighted by atomic mass is 16.5. The van der Waals surface area contributed by atoms with Crippen LogP contribution in [0.4, 0.5) is 0 Å². The lowest BCUT2D eigenvalue weighted by atomic mass is 10.0. The summed E-state index contributed by atoms with van der Waals surface area (Å²) in [7, 11) is 0. The Balaban J connectivity index is 1.62. The fourth-order valence-corrected chi connectivity index (χ4v) is 4.14. The molecular weight excluding hydrogens is 368 g/mol. The molecule has 1 amide bonds. The third-order valence-corrected chi connectivity index (χ3v) is 5.73. The highest BCUT2D eigenvalue weighted by molar-refractivity contribution is 5.78. The summed E-state index contributed by atoms with van der Waals surface area (Å²) in [5, 5.41) is 3.09. The number of carbonyl (C=O) groups excluding carboxylic acids is 1. The van der Waals surface area contributed by atoms with Crippen LogP contribution in [-0.2, 0) is 22.6 Å². The van der Waals surface area contributed by atoms with E-state index in [1.807, 2.05) is 24.3 Å². The van der Waals surface area contributed by atoms with Crippen molar-refractivity contribution in [2.24, 2.45) is 5.92 Å². The topological polar surface area (TPSA) is 68.5 Å². The van der Waals surface area contributed by atoms with Gasteiger partial charge in [0, 0.05) is 45.2 Å². The summed E-state index contributed by atoms with van der Waals surface area (Å²) in [6, 6.07) is 8.11. The molecule has 0 bridgehead atoms. The minimum atomic E-state index is -0.0331. The zero-order valence-corrected chi connectivity index (χ0v) is 17.9. The number of carbonyl (C=O) groups is 1. The molecule has 2 aromatic rings. The van der Waals surface area contributed by atoms with Crippen molar-refractivity contribution >= 4 is 16.9 Å². The first-order chi connectivity index (χ1) is 14.0. The normalized spacial score (nSPS) is 16.4. The molecule has 160 valence electrons. The van der Waals surface area contributed by atoms with E-state index < -0.39 is 0 Å². The number of para-hydroxylation sites is 2. The predicted molar refractivity (Wildman–Crippen MR) is 115 cm³/mol. The number of ether oxygens (including phenoxy) is 1. The largest absolute Gasteiger partial charge is 0.379 e. The second-order valence-electron chi connectivity index (χ2n) is 8.09. The van der Waals surface area contributed by atoms with E-state index in [0.717, 1.165) is 43.8 Å². The number of aromatic nitrogens is 2. The Bertz CT molecular complexity index is 865. The number of hydrogen-bond donors (Lipinski definition) is 1.